The molecule has 4 heterocycles. The molecular formula is C52H38N2O2. The molecule has 8 aromatic carbocycles. The molecule has 0 saturated carbocycles. The van der Waals surface area contributed by atoms with Crippen LogP contribution >= 0.6 is 0 Å². The minimum absolute atomic E-state index is 0.274. The van der Waals surface area contributed by atoms with E-state index in [0.29, 0.717) is 0 Å². The molecule has 10 aromatic rings. The van der Waals surface area contributed by atoms with Crippen LogP contribution in [0.3, 0.4) is 0 Å². The van der Waals surface area contributed by atoms with Crippen molar-refractivity contribution in [3.8, 4) is 0 Å². The molecular weight excluding hydrogens is 685 g/mol. The minimum atomic E-state index is -0.274. The van der Waals surface area contributed by atoms with Gasteiger partial charge in [-0.1, -0.05) is 100 Å². The maximum absolute atomic E-state index is 6.81. The third-order valence-electron chi connectivity index (χ3n) is 12.7. The van der Waals surface area contributed by atoms with Gasteiger partial charge in [-0.05, 0) is 118 Å². The first-order valence-electron chi connectivity index (χ1n) is 19.5. The molecule has 268 valence electrons. The van der Waals surface area contributed by atoms with Crippen molar-refractivity contribution in [2.24, 2.45) is 0 Å². The quantitative estimate of drug-likeness (QED) is 0.178. The van der Waals surface area contributed by atoms with Gasteiger partial charge in [-0.2, -0.15) is 0 Å². The summed E-state index contributed by atoms with van der Waals surface area (Å²) in [4.78, 5) is 4.82. The van der Waals surface area contributed by atoms with E-state index in [-0.39, 0.29) is 10.8 Å². The van der Waals surface area contributed by atoms with E-state index >= 15 is 0 Å². The van der Waals surface area contributed by atoms with Gasteiger partial charge in [-0.25, -0.2) is 0 Å². The fraction of sp³-hybridized carbons (Fsp3) is 0.115. The van der Waals surface area contributed by atoms with Gasteiger partial charge in [-0.3, -0.25) is 0 Å². The Labute approximate surface area is 324 Å². The standard InChI is InChI=1S/C52H38N2O2/c1-51(2)37-19-11-13-21-39(37)53(33-15-7-5-8-16-33)41-23-25-43-47(49(41)51)35-27-31-30-46-36(28-32(31)29-45(35)55-43)48-44(56-46)26-24-42-50(48)52(3,4)38-20-12-14-22-40(38)54(42)34-17-9-6-10-18-34/h5-30H,1-4H3. The summed E-state index contributed by atoms with van der Waals surface area (Å²) < 4.78 is 13.6. The molecule has 0 saturated heterocycles. The average Bonchev–Trinajstić information content (AvgIpc) is 3.76. The highest BCUT2D eigenvalue weighted by Crippen LogP contribution is 2.57. The molecule has 0 aliphatic carbocycles. The molecule has 2 aromatic heterocycles. The third kappa shape index (κ3) is 4.08. The number of rotatable bonds is 2. The van der Waals surface area contributed by atoms with Crippen molar-refractivity contribution in [3.05, 3.63) is 180 Å². The van der Waals surface area contributed by atoms with Gasteiger partial charge in [-0.15, -0.1) is 0 Å². The van der Waals surface area contributed by atoms with Crippen molar-refractivity contribution < 1.29 is 8.83 Å². The van der Waals surface area contributed by atoms with Crippen LogP contribution in [0.2, 0.25) is 0 Å². The summed E-state index contributed by atoms with van der Waals surface area (Å²) in [6.07, 6.45) is 0. The second-order valence-corrected chi connectivity index (χ2v) is 16.5. The van der Waals surface area contributed by atoms with Gasteiger partial charge in [0, 0.05) is 43.7 Å². The lowest BCUT2D eigenvalue weighted by Crippen LogP contribution is -2.30. The first-order valence-corrected chi connectivity index (χ1v) is 19.5. The molecule has 56 heavy (non-hydrogen) atoms. The SMILES string of the molecule is CC1(C)c2ccccc2N(c2ccccc2)c2ccc3oc4cc5cc6c(cc5cc4c3c21)oc1ccc2c(c16)C(C)(C)c1ccccc1N2c1ccccc1. The molecule has 0 N–H and O–H groups in total. The van der Waals surface area contributed by atoms with E-state index in [4.69, 9.17) is 8.83 Å². The van der Waals surface area contributed by atoms with Gasteiger partial charge >= 0.3 is 0 Å². The van der Waals surface area contributed by atoms with Gasteiger partial charge in [0.15, 0.2) is 0 Å². The lowest BCUT2D eigenvalue weighted by molar-refractivity contribution is 0.634. The molecule has 0 fully saturated rings. The van der Waals surface area contributed by atoms with E-state index in [1.807, 2.05) is 0 Å². The lowest BCUT2D eigenvalue weighted by Gasteiger charge is -2.42. The van der Waals surface area contributed by atoms with Crippen LogP contribution in [0.4, 0.5) is 34.1 Å². The molecule has 0 amide bonds. The fourth-order valence-electron chi connectivity index (χ4n) is 10.2. The Kier molecular flexibility index (Phi) is 6.15. The van der Waals surface area contributed by atoms with Crippen LogP contribution in [0.25, 0.3) is 54.6 Å². The van der Waals surface area contributed by atoms with Gasteiger partial charge in [0.05, 0.1) is 22.7 Å². The van der Waals surface area contributed by atoms with Gasteiger partial charge in [0.1, 0.15) is 22.3 Å². The highest BCUT2D eigenvalue weighted by molar-refractivity contribution is 6.18. The normalized spacial score (nSPS) is 15.4. The van der Waals surface area contributed by atoms with E-state index in [1.165, 1.54) is 55.8 Å². The van der Waals surface area contributed by atoms with E-state index in [0.717, 1.165) is 55.3 Å². The highest BCUT2D eigenvalue weighted by atomic mass is 16.3. The molecule has 0 radical (unpaired) electrons. The zero-order valence-electron chi connectivity index (χ0n) is 31.7. The van der Waals surface area contributed by atoms with Crippen LogP contribution < -0.4 is 9.80 Å². The number of nitrogens with zero attached hydrogens (tertiary/aromatic N) is 2. The average molecular weight is 723 g/mol. The Morgan fingerprint density at radius 1 is 0.375 bits per heavy atom. The first kappa shape index (κ1) is 31.6. The summed E-state index contributed by atoms with van der Waals surface area (Å²) in [7, 11) is 0. The maximum atomic E-state index is 6.81. The second-order valence-electron chi connectivity index (χ2n) is 16.5. The van der Waals surface area contributed by atoms with Crippen molar-refractivity contribution in [2.75, 3.05) is 9.80 Å². The number of para-hydroxylation sites is 4. The summed E-state index contributed by atoms with van der Waals surface area (Å²) in [5, 5.41) is 6.83. The van der Waals surface area contributed by atoms with Crippen molar-refractivity contribution >= 4 is 88.8 Å². The Balaban J connectivity index is 1.11. The summed E-state index contributed by atoms with van der Waals surface area (Å²) in [6, 6.07) is 56.9. The van der Waals surface area contributed by atoms with Crippen molar-refractivity contribution in [1.82, 2.24) is 0 Å². The smallest absolute Gasteiger partial charge is 0.136 e. The molecule has 4 nitrogen and oxygen atoms in total. The van der Waals surface area contributed by atoms with E-state index in [2.05, 4.69) is 195 Å². The number of benzene rings is 8. The molecule has 2 aliphatic rings. The zero-order chi connectivity index (χ0) is 37.5. The van der Waals surface area contributed by atoms with E-state index in [1.54, 1.807) is 0 Å². The van der Waals surface area contributed by atoms with Crippen molar-refractivity contribution in [3.63, 3.8) is 0 Å². The molecule has 0 unspecified atom stereocenters. The summed E-state index contributed by atoms with van der Waals surface area (Å²) >= 11 is 0. The second kappa shape index (κ2) is 10.9. The number of hydrogen-bond acceptors (Lipinski definition) is 4. The maximum Gasteiger partial charge on any atom is 0.136 e. The van der Waals surface area contributed by atoms with Crippen LogP contribution in [-0.2, 0) is 10.8 Å². The van der Waals surface area contributed by atoms with Crippen LogP contribution in [0, 0.1) is 0 Å². The Morgan fingerprint density at radius 3 is 1.20 bits per heavy atom. The fourth-order valence-corrected chi connectivity index (χ4v) is 10.2. The Hall–Kier alpha value is -6.78. The van der Waals surface area contributed by atoms with Crippen molar-refractivity contribution in [1.29, 1.82) is 0 Å². The van der Waals surface area contributed by atoms with Crippen LogP contribution in [-0.4, -0.2) is 0 Å². The van der Waals surface area contributed by atoms with Crippen molar-refractivity contribution in [2.45, 2.75) is 38.5 Å². The Bertz CT molecular complexity index is 3040. The topological polar surface area (TPSA) is 32.8 Å². The van der Waals surface area contributed by atoms with Gasteiger partial charge < -0.3 is 18.6 Å². The van der Waals surface area contributed by atoms with E-state index in [9.17, 15) is 0 Å². The van der Waals surface area contributed by atoms with Gasteiger partial charge in [0.25, 0.3) is 0 Å². The number of fused-ring (bicyclic) bond motifs is 13. The third-order valence-corrected chi connectivity index (χ3v) is 12.7. The largest absolute Gasteiger partial charge is 0.456 e. The molecule has 12 rings (SSSR count). The summed E-state index contributed by atoms with van der Waals surface area (Å²) in [5.74, 6) is 0. The van der Waals surface area contributed by atoms with E-state index < -0.39 is 0 Å². The van der Waals surface area contributed by atoms with Crippen LogP contribution in [0.1, 0.15) is 49.9 Å². The van der Waals surface area contributed by atoms with Crippen LogP contribution in [0.15, 0.2) is 167 Å². The summed E-state index contributed by atoms with van der Waals surface area (Å²) in [5.41, 5.74) is 15.2. The predicted octanol–water partition coefficient (Wildman–Crippen LogP) is 14.9. The monoisotopic (exact) mass is 722 g/mol. The Morgan fingerprint density at radius 2 is 0.768 bits per heavy atom. The minimum Gasteiger partial charge on any atom is -0.456 e. The lowest BCUT2D eigenvalue weighted by atomic mass is 9.72. The highest BCUT2D eigenvalue weighted by Gasteiger charge is 2.41. The molecule has 4 heteroatoms. The molecule has 0 bridgehead atoms. The number of anilines is 6. The first-order chi connectivity index (χ1) is 27.3. The molecule has 2 aliphatic heterocycles. The van der Waals surface area contributed by atoms with Crippen LogP contribution in [0.5, 0.6) is 0 Å². The molecule has 0 spiro atoms. The van der Waals surface area contributed by atoms with Gasteiger partial charge in [0.2, 0.25) is 0 Å². The number of hydrogen-bond donors (Lipinski definition) is 0. The predicted molar refractivity (Wildman–Crippen MR) is 232 cm³/mol. The summed E-state index contributed by atoms with van der Waals surface area (Å²) in [6.45, 7) is 9.40. The number of furan rings is 2. The molecule has 0 atom stereocenters. The zero-order valence-corrected chi connectivity index (χ0v) is 31.7.